The average Bonchev–Trinajstić information content (AvgIpc) is 2.57. The van der Waals surface area contributed by atoms with Gasteiger partial charge < -0.3 is 10.3 Å². The maximum Gasteiger partial charge on any atom is 0.261 e. The minimum atomic E-state index is -3.67. The van der Waals surface area contributed by atoms with Crippen molar-refractivity contribution in [1.82, 2.24) is 10.3 Å². The van der Waals surface area contributed by atoms with Gasteiger partial charge in [-0.3, -0.25) is 4.55 Å². The Balaban J connectivity index is 0.000000280. The quantitative estimate of drug-likeness (QED) is 0.725. The van der Waals surface area contributed by atoms with Crippen molar-refractivity contribution in [3.05, 3.63) is 35.8 Å². The monoisotopic (exact) mass is 274 g/mol. The summed E-state index contributed by atoms with van der Waals surface area (Å²) in [6.07, 6.45) is 0.715. The van der Waals surface area contributed by atoms with Gasteiger partial charge in [0.2, 0.25) is 0 Å². The fourth-order valence-corrected chi connectivity index (χ4v) is 1.45. The maximum atomic E-state index is 12.8. The summed E-state index contributed by atoms with van der Waals surface area (Å²) in [5, 5.41) is 3.96. The van der Waals surface area contributed by atoms with Crippen LogP contribution < -0.4 is 5.32 Å². The van der Waals surface area contributed by atoms with Crippen LogP contribution in [0, 0.1) is 5.82 Å². The predicted octanol–water partition coefficient (Wildman–Crippen LogP) is 1.53. The third-order valence-corrected chi connectivity index (χ3v) is 2.01. The van der Waals surface area contributed by atoms with Gasteiger partial charge in [0.1, 0.15) is 5.82 Å². The topological polar surface area (TPSA) is 82.2 Å². The van der Waals surface area contributed by atoms with Crippen molar-refractivity contribution in [1.29, 1.82) is 0 Å². The van der Waals surface area contributed by atoms with E-state index in [9.17, 15) is 12.8 Å². The van der Waals surface area contributed by atoms with Crippen LogP contribution in [0.15, 0.2) is 24.3 Å². The number of halogens is 1. The molecule has 1 aromatic heterocycles. The molecule has 0 fully saturated rings. The zero-order valence-electron chi connectivity index (χ0n) is 10.1. The standard InChI is InChI=1S/C10H11FN2.CH4O3S/c1-12-6-9-5-7-4-8(11)2-3-10(7)13-9;1-5(2,3)4/h2-5,12-13H,6H2,1H3;1H3,(H,2,3,4). The molecule has 3 N–H and O–H groups in total. The molecular weight excluding hydrogens is 259 g/mol. The molecule has 0 amide bonds. The van der Waals surface area contributed by atoms with Gasteiger partial charge in [-0.15, -0.1) is 0 Å². The van der Waals surface area contributed by atoms with Crippen LogP contribution in [0.5, 0.6) is 0 Å². The van der Waals surface area contributed by atoms with Crippen molar-refractivity contribution in [2.45, 2.75) is 6.54 Å². The zero-order chi connectivity index (χ0) is 13.8. The molecule has 0 saturated heterocycles. The molecule has 0 radical (unpaired) electrons. The summed E-state index contributed by atoms with van der Waals surface area (Å²) in [5.41, 5.74) is 2.05. The molecule has 2 rings (SSSR count). The number of H-pyrrole nitrogens is 1. The molecule has 0 aliphatic rings. The van der Waals surface area contributed by atoms with Crippen LogP contribution in [0.2, 0.25) is 0 Å². The summed E-state index contributed by atoms with van der Waals surface area (Å²) in [4.78, 5) is 3.19. The fourth-order valence-electron chi connectivity index (χ4n) is 1.45. The normalized spacial score (nSPS) is 11.1. The van der Waals surface area contributed by atoms with E-state index in [1.54, 1.807) is 6.07 Å². The number of rotatable bonds is 2. The Morgan fingerprint density at radius 3 is 2.56 bits per heavy atom. The van der Waals surface area contributed by atoms with Gasteiger partial charge >= 0.3 is 0 Å². The minimum absolute atomic E-state index is 0.192. The highest BCUT2D eigenvalue weighted by molar-refractivity contribution is 7.85. The lowest BCUT2D eigenvalue weighted by molar-refractivity contribution is 0.490. The highest BCUT2D eigenvalue weighted by Gasteiger charge is 2.00. The lowest BCUT2D eigenvalue weighted by Crippen LogP contribution is -2.04. The number of hydrogen-bond donors (Lipinski definition) is 3. The number of nitrogens with one attached hydrogen (secondary N) is 2. The van der Waals surface area contributed by atoms with Crippen LogP contribution in [-0.4, -0.2) is 31.3 Å². The van der Waals surface area contributed by atoms with Gasteiger partial charge in [-0.25, -0.2) is 4.39 Å². The van der Waals surface area contributed by atoms with E-state index in [2.05, 4.69) is 10.3 Å². The van der Waals surface area contributed by atoms with E-state index in [4.69, 9.17) is 4.55 Å². The Hall–Kier alpha value is -1.44. The zero-order valence-corrected chi connectivity index (χ0v) is 10.9. The van der Waals surface area contributed by atoms with Crippen LogP contribution in [0.25, 0.3) is 10.9 Å². The molecule has 1 aromatic carbocycles. The Morgan fingerprint density at radius 1 is 1.39 bits per heavy atom. The summed E-state index contributed by atoms with van der Waals surface area (Å²) < 4.78 is 38.7. The first-order valence-corrected chi connectivity index (χ1v) is 6.98. The smallest absolute Gasteiger partial charge is 0.261 e. The van der Waals surface area contributed by atoms with Gasteiger partial charge in [-0.2, -0.15) is 8.42 Å². The molecule has 100 valence electrons. The first-order valence-electron chi connectivity index (χ1n) is 5.14. The molecule has 5 nitrogen and oxygen atoms in total. The molecule has 0 aliphatic heterocycles. The second-order valence-electron chi connectivity index (χ2n) is 3.79. The molecule has 0 atom stereocenters. The van der Waals surface area contributed by atoms with Gasteiger partial charge in [0.15, 0.2) is 0 Å². The molecule has 2 aromatic rings. The molecule has 18 heavy (non-hydrogen) atoms. The van der Waals surface area contributed by atoms with Gasteiger partial charge in [0.25, 0.3) is 10.1 Å². The summed E-state index contributed by atoms with van der Waals surface area (Å²) >= 11 is 0. The molecule has 0 bridgehead atoms. The maximum absolute atomic E-state index is 12.8. The van der Waals surface area contributed by atoms with Crippen molar-refractivity contribution in [3.63, 3.8) is 0 Å². The summed E-state index contributed by atoms with van der Waals surface area (Å²) in [5.74, 6) is -0.192. The van der Waals surface area contributed by atoms with Gasteiger partial charge in [-0.1, -0.05) is 0 Å². The van der Waals surface area contributed by atoms with Crippen LogP contribution in [-0.2, 0) is 16.7 Å². The van der Waals surface area contributed by atoms with Crippen LogP contribution in [0.1, 0.15) is 5.69 Å². The van der Waals surface area contributed by atoms with Crippen molar-refractivity contribution in [2.75, 3.05) is 13.3 Å². The van der Waals surface area contributed by atoms with Crippen molar-refractivity contribution >= 4 is 21.0 Å². The number of hydrogen-bond acceptors (Lipinski definition) is 3. The van der Waals surface area contributed by atoms with Gasteiger partial charge in [0.05, 0.1) is 6.26 Å². The SMILES string of the molecule is CNCc1cc2cc(F)ccc2[nH]1.CS(=O)(=O)O. The Labute approximate surface area is 105 Å². The molecule has 7 heteroatoms. The van der Waals surface area contributed by atoms with Crippen molar-refractivity contribution in [2.24, 2.45) is 0 Å². The highest BCUT2D eigenvalue weighted by atomic mass is 32.2. The van der Waals surface area contributed by atoms with Crippen LogP contribution in [0.3, 0.4) is 0 Å². The van der Waals surface area contributed by atoms with Gasteiger partial charge in [-0.05, 0) is 31.3 Å². The van der Waals surface area contributed by atoms with E-state index >= 15 is 0 Å². The van der Waals surface area contributed by atoms with Gasteiger partial charge in [0, 0.05) is 23.1 Å². The minimum Gasteiger partial charge on any atom is -0.357 e. The molecule has 0 aliphatic carbocycles. The first kappa shape index (κ1) is 14.6. The van der Waals surface area contributed by atoms with E-state index in [1.165, 1.54) is 12.1 Å². The Kier molecular flexibility index (Phi) is 4.83. The van der Waals surface area contributed by atoms with E-state index in [1.807, 2.05) is 13.1 Å². The van der Waals surface area contributed by atoms with Crippen molar-refractivity contribution < 1.29 is 17.4 Å². The second kappa shape index (κ2) is 5.94. The second-order valence-corrected chi connectivity index (χ2v) is 5.26. The molecule has 1 heterocycles. The van der Waals surface area contributed by atoms with E-state index in [0.29, 0.717) is 6.26 Å². The lowest BCUT2D eigenvalue weighted by atomic mass is 10.2. The summed E-state index contributed by atoms with van der Waals surface area (Å²) in [6.45, 7) is 0.774. The number of benzene rings is 1. The largest absolute Gasteiger partial charge is 0.357 e. The van der Waals surface area contributed by atoms with E-state index < -0.39 is 10.1 Å². The van der Waals surface area contributed by atoms with Crippen LogP contribution in [0.4, 0.5) is 4.39 Å². The molecular formula is C11H15FN2O3S. The van der Waals surface area contributed by atoms with E-state index in [-0.39, 0.29) is 5.82 Å². The highest BCUT2D eigenvalue weighted by Crippen LogP contribution is 2.16. The predicted molar refractivity (Wildman–Crippen MR) is 68.5 cm³/mol. The summed E-state index contributed by atoms with van der Waals surface area (Å²) in [7, 11) is -1.79. The average molecular weight is 274 g/mol. The number of aromatic nitrogens is 1. The lowest BCUT2D eigenvalue weighted by Gasteiger charge is -1.91. The van der Waals surface area contributed by atoms with Crippen molar-refractivity contribution in [3.8, 4) is 0 Å². The first-order chi connectivity index (χ1) is 8.29. The van der Waals surface area contributed by atoms with Crippen LogP contribution >= 0.6 is 0 Å². The number of aromatic amines is 1. The Bertz CT molecular complexity index is 614. The third kappa shape index (κ3) is 5.26. The third-order valence-electron chi connectivity index (χ3n) is 2.01. The molecule has 0 spiro atoms. The summed E-state index contributed by atoms with van der Waals surface area (Å²) in [6, 6.07) is 6.70. The Morgan fingerprint density at radius 2 is 2.00 bits per heavy atom. The fraction of sp³-hybridized carbons (Fsp3) is 0.273. The number of fused-ring (bicyclic) bond motifs is 1. The van der Waals surface area contributed by atoms with E-state index in [0.717, 1.165) is 23.1 Å². The molecule has 0 saturated carbocycles. The molecule has 0 unspecified atom stereocenters.